The van der Waals surface area contributed by atoms with Gasteiger partial charge in [0.2, 0.25) is 0 Å². The van der Waals surface area contributed by atoms with Crippen LogP contribution in [0, 0.1) is 0 Å². The van der Waals surface area contributed by atoms with Crippen molar-refractivity contribution >= 4 is 11.2 Å². The van der Waals surface area contributed by atoms with Crippen molar-refractivity contribution in [2.75, 3.05) is 0 Å². The molecule has 3 rings (SSSR count). The third-order valence-corrected chi connectivity index (χ3v) is 2.80. The second-order valence-corrected chi connectivity index (χ2v) is 3.98. The monoisotopic (exact) mass is 242 g/mol. The molecule has 0 aliphatic carbocycles. The zero-order valence-corrected chi connectivity index (χ0v) is 9.62. The first-order chi connectivity index (χ1) is 8.88. The Morgan fingerprint density at radius 2 is 1.89 bits per heavy atom. The minimum atomic E-state index is -0.624. The van der Waals surface area contributed by atoms with Crippen molar-refractivity contribution < 1.29 is 4.39 Å². The summed E-state index contributed by atoms with van der Waals surface area (Å²) in [5.74, 6) is 0. The lowest BCUT2D eigenvalue weighted by atomic mass is 10.2. The average Bonchev–Trinajstić information content (AvgIpc) is 2.83. The van der Waals surface area contributed by atoms with Gasteiger partial charge in [0.1, 0.15) is 24.2 Å². The summed E-state index contributed by atoms with van der Waals surface area (Å²) < 4.78 is 14.6. The molecule has 0 amide bonds. The van der Waals surface area contributed by atoms with Crippen LogP contribution in [0.1, 0.15) is 11.3 Å². The third-order valence-electron chi connectivity index (χ3n) is 2.80. The Labute approximate surface area is 103 Å². The third kappa shape index (κ3) is 1.84. The van der Waals surface area contributed by atoms with E-state index >= 15 is 0 Å². The largest absolute Gasteiger partial charge is 0.311 e. The second-order valence-electron chi connectivity index (χ2n) is 3.98. The highest BCUT2D eigenvalue weighted by molar-refractivity contribution is 5.72. The summed E-state index contributed by atoms with van der Waals surface area (Å²) in [5.41, 5.74) is 2.70. The first-order valence-electron chi connectivity index (χ1n) is 5.63. The summed E-state index contributed by atoms with van der Waals surface area (Å²) in [6.07, 6.45) is 3.05. The van der Waals surface area contributed by atoms with E-state index < -0.39 is 6.67 Å². The predicted octanol–water partition coefficient (Wildman–Crippen LogP) is 2.34. The fourth-order valence-electron chi connectivity index (χ4n) is 1.92. The summed E-state index contributed by atoms with van der Waals surface area (Å²) >= 11 is 0. The van der Waals surface area contributed by atoms with Crippen LogP contribution < -0.4 is 0 Å². The van der Waals surface area contributed by atoms with E-state index in [-0.39, 0.29) is 0 Å². The molecule has 0 fully saturated rings. The Kier molecular flexibility index (Phi) is 2.72. The average molecular weight is 242 g/mol. The maximum absolute atomic E-state index is 12.8. The molecule has 0 bridgehead atoms. The van der Waals surface area contributed by atoms with Crippen LogP contribution >= 0.6 is 0 Å². The molecule has 0 N–H and O–H groups in total. The lowest BCUT2D eigenvalue weighted by Crippen LogP contribution is -2.00. The maximum atomic E-state index is 12.8. The molecule has 4 nitrogen and oxygen atoms in total. The zero-order valence-electron chi connectivity index (χ0n) is 9.62. The van der Waals surface area contributed by atoms with Crippen LogP contribution in [-0.2, 0) is 13.2 Å². The number of halogens is 1. The Balaban J connectivity index is 2.03. The number of rotatable bonds is 3. The molecule has 90 valence electrons. The van der Waals surface area contributed by atoms with Crippen molar-refractivity contribution in [3.63, 3.8) is 0 Å². The van der Waals surface area contributed by atoms with Crippen molar-refractivity contribution in [3.8, 4) is 0 Å². The van der Waals surface area contributed by atoms with Crippen LogP contribution in [0.2, 0.25) is 0 Å². The number of alkyl halides is 1. The SMILES string of the molecule is FCc1ncnc2c1ncn2Cc1ccccc1. The molecule has 0 saturated heterocycles. The quantitative estimate of drug-likeness (QED) is 0.708. The van der Waals surface area contributed by atoms with Gasteiger partial charge in [-0.3, -0.25) is 0 Å². The second kappa shape index (κ2) is 4.52. The molecule has 2 heterocycles. The topological polar surface area (TPSA) is 43.6 Å². The van der Waals surface area contributed by atoms with Crippen molar-refractivity contribution in [1.29, 1.82) is 0 Å². The normalized spacial score (nSPS) is 10.9. The van der Waals surface area contributed by atoms with E-state index in [9.17, 15) is 4.39 Å². The molecule has 0 aliphatic rings. The minimum Gasteiger partial charge on any atom is -0.311 e. The van der Waals surface area contributed by atoms with E-state index in [2.05, 4.69) is 15.0 Å². The number of aromatic nitrogens is 4. The molecule has 2 aromatic heterocycles. The first-order valence-corrected chi connectivity index (χ1v) is 5.63. The summed E-state index contributed by atoms with van der Waals surface area (Å²) in [6, 6.07) is 10.00. The Morgan fingerprint density at radius 3 is 2.67 bits per heavy atom. The zero-order chi connectivity index (χ0) is 12.4. The molecule has 3 aromatic rings. The fourth-order valence-corrected chi connectivity index (χ4v) is 1.92. The summed E-state index contributed by atoms with van der Waals surface area (Å²) in [7, 11) is 0. The van der Waals surface area contributed by atoms with E-state index in [4.69, 9.17) is 0 Å². The summed E-state index contributed by atoms with van der Waals surface area (Å²) in [5, 5.41) is 0. The number of fused-ring (bicyclic) bond motifs is 1. The van der Waals surface area contributed by atoms with Crippen LogP contribution in [0.15, 0.2) is 43.0 Å². The summed E-state index contributed by atoms with van der Waals surface area (Å²) in [6.45, 7) is 0.0431. The van der Waals surface area contributed by atoms with E-state index in [1.165, 1.54) is 6.33 Å². The molecule has 0 saturated carbocycles. The highest BCUT2D eigenvalue weighted by Crippen LogP contribution is 2.15. The lowest BCUT2D eigenvalue weighted by molar-refractivity contribution is 0.478. The Bertz CT molecular complexity index is 663. The first kappa shape index (κ1) is 10.8. The van der Waals surface area contributed by atoms with E-state index in [1.54, 1.807) is 6.33 Å². The molecule has 18 heavy (non-hydrogen) atoms. The van der Waals surface area contributed by atoms with E-state index in [0.717, 1.165) is 5.56 Å². The number of nitrogens with zero attached hydrogens (tertiary/aromatic N) is 4. The number of benzene rings is 1. The molecule has 0 spiro atoms. The Hall–Kier alpha value is -2.30. The van der Waals surface area contributed by atoms with Gasteiger partial charge in [-0.15, -0.1) is 0 Å². The van der Waals surface area contributed by atoms with Gasteiger partial charge in [-0.1, -0.05) is 30.3 Å². The molecule has 0 atom stereocenters. The van der Waals surface area contributed by atoms with Crippen LogP contribution in [0.25, 0.3) is 11.2 Å². The molecule has 5 heteroatoms. The van der Waals surface area contributed by atoms with Gasteiger partial charge < -0.3 is 4.57 Å². The standard InChI is InChI=1S/C13H11FN4/c14-6-11-12-13(16-8-15-11)18(9-17-12)7-10-4-2-1-3-5-10/h1-5,8-9H,6-7H2. The highest BCUT2D eigenvalue weighted by atomic mass is 19.1. The van der Waals surface area contributed by atoms with Gasteiger partial charge in [0.25, 0.3) is 0 Å². The Morgan fingerprint density at radius 1 is 1.06 bits per heavy atom. The molecular formula is C13H11FN4. The fraction of sp³-hybridized carbons (Fsp3) is 0.154. The van der Waals surface area contributed by atoms with Gasteiger partial charge in [0.15, 0.2) is 5.65 Å². The van der Waals surface area contributed by atoms with Crippen molar-refractivity contribution in [3.05, 3.63) is 54.2 Å². The molecule has 0 aliphatic heterocycles. The minimum absolute atomic E-state index is 0.340. The highest BCUT2D eigenvalue weighted by Gasteiger charge is 2.09. The molecule has 1 aromatic carbocycles. The van der Waals surface area contributed by atoms with Crippen molar-refractivity contribution in [2.24, 2.45) is 0 Å². The van der Waals surface area contributed by atoms with Crippen LogP contribution in [0.5, 0.6) is 0 Å². The van der Waals surface area contributed by atoms with Gasteiger partial charge >= 0.3 is 0 Å². The van der Waals surface area contributed by atoms with Gasteiger partial charge in [-0.2, -0.15) is 0 Å². The van der Waals surface area contributed by atoms with Crippen LogP contribution in [-0.4, -0.2) is 19.5 Å². The van der Waals surface area contributed by atoms with Crippen LogP contribution in [0.3, 0.4) is 0 Å². The van der Waals surface area contributed by atoms with Gasteiger partial charge in [0, 0.05) is 0 Å². The van der Waals surface area contributed by atoms with E-state index in [0.29, 0.717) is 23.4 Å². The van der Waals surface area contributed by atoms with Gasteiger partial charge in [-0.05, 0) is 5.56 Å². The molecule has 0 unspecified atom stereocenters. The van der Waals surface area contributed by atoms with Gasteiger partial charge in [0.05, 0.1) is 12.9 Å². The number of hydrogen-bond donors (Lipinski definition) is 0. The number of hydrogen-bond acceptors (Lipinski definition) is 3. The van der Waals surface area contributed by atoms with Gasteiger partial charge in [-0.25, -0.2) is 19.3 Å². The predicted molar refractivity (Wildman–Crippen MR) is 65.7 cm³/mol. The maximum Gasteiger partial charge on any atom is 0.163 e. The number of imidazole rings is 1. The van der Waals surface area contributed by atoms with Crippen molar-refractivity contribution in [1.82, 2.24) is 19.5 Å². The lowest BCUT2D eigenvalue weighted by Gasteiger charge is -2.03. The molecular weight excluding hydrogens is 231 g/mol. The van der Waals surface area contributed by atoms with Crippen molar-refractivity contribution in [2.45, 2.75) is 13.2 Å². The van der Waals surface area contributed by atoms with Crippen LogP contribution in [0.4, 0.5) is 4.39 Å². The van der Waals surface area contributed by atoms with E-state index in [1.807, 2.05) is 34.9 Å². The summed E-state index contributed by atoms with van der Waals surface area (Å²) in [4.78, 5) is 12.2. The smallest absolute Gasteiger partial charge is 0.163 e. The molecule has 0 radical (unpaired) electrons.